The van der Waals surface area contributed by atoms with Gasteiger partial charge in [-0.3, -0.25) is 14.9 Å². The Morgan fingerprint density at radius 1 is 1.41 bits per heavy atom. The zero-order valence-corrected chi connectivity index (χ0v) is 13.6. The van der Waals surface area contributed by atoms with E-state index in [1.807, 2.05) is 0 Å². The maximum absolute atomic E-state index is 13.5. The smallest absolute Gasteiger partial charge is 0.257 e. The molecule has 1 heterocycles. The molecule has 0 unspecified atom stereocenters. The van der Waals surface area contributed by atoms with Crippen LogP contribution in [0.1, 0.15) is 21.6 Å². The molecule has 0 fully saturated rings. The van der Waals surface area contributed by atoms with Crippen molar-refractivity contribution in [2.45, 2.75) is 18.1 Å². The summed E-state index contributed by atoms with van der Waals surface area (Å²) in [7, 11) is 0. The molecule has 2 rings (SSSR count). The van der Waals surface area contributed by atoms with E-state index in [0.717, 1.165) is 4.21 Å². The number of rotatable bonds is 5. The Labute approximate surface area is 135 Å². The van der Waals surface area contributed by atoms with Crippen LogP contribution in [0.2, 0.25) is 0 Å². The maximum Gasteiger partial charge on any atom is 0.257 e. The average molecular weight is 339 g/mol. The van der Waals surface area contributed by atoms with Gasteiger partial charge < -0.3 is 5.73 Å². The Morgan fingerprint density at radius 3 is 2.77 bits per heavy atom. The van der Waals surface area contributed by atoms with E-state index in [2.05, 4.69) is 10.3 Å². The molecule has 0 saturated carbocycles. The van der Waals surface area contributed by atoms with Crippen LogP contribution in [0, 0.1) is 19.7 Å². The summed E-state index contributed by atoms with van der Waals surface area (Å²) in [4.78, 5) is 27.1. The minimum atomic E-state index is -0.431. The van der Waals surface area contributed by atoms with Crippen molar-refractivity contribution in [3.63, 3.8) is 0 Å². The number of aromatic nitrogens is 1. The Kier molecular flexibility index (Phi) is 5.15. The van der Waals surface area contributed by atoms with Gasteiger partial charge in [-0.1, -0.05) is 17.4 Å². The van der Waals surface area contributed by atoms with Gasteiger partial charge >= 0.3 is 0 Å². The minimum absolute atomic E-state index is 0.152. The monoisotopic (exact) mass is 339 g/mol. The summed E-state index contributed by atoms with van der Waals surface area (Å²) < 4.78 is 14.3. The number of halogens is 1. The molecule has 0 atom stereocenters. The third-order valence-electron chi connectivity index (χ3n) is 2.75. The molecule has 0 saturated heterocycles. The van der Waals surface area contributed by atoms with Crippen molar-refractivity contribution >= 4 is 40.0 Å². The van der Waals surface area contributed by atoms with Gasteiger partial charge in [0.15, 0.2) is 5.13 Å². The van der Waals surface area contributed by atoms with Crippen LogP contribution < -0.4 is 11.1 Å². The van der Waals surface area contributed by atoms with Gasteiger partial charge in [-0.2, -0.15) is 0 Å². The van der Waals surface area contributed by atoms with Crippen molar-refractivity contribution in [3.05, 3.63) is 40.8 Å². The molecule has 2 amide bonds. The fourth-order valence-electron chi connectivity index (χ4n) is 1.61. The van der Waals surface area contributed by atoms with Gasteiger partial charge in [0, 0.05) is 5.56 Å². The summed E-state index contributed by atoms with van der Waals surface area (Å²) in [5.41, 5.74) is 6.51. The predicted molar refractivity (Wildman–Crippen MR) is 85.9 cm³/mol. The van der Waals surface area contributed by atoms with Crippen LogP contribution >= 0.6 is 23.1 Å². The Bertz CT molecular complexity index is 731. The van der Waals surface area contributed by atoms with Crippen LogP contribution in [-0.4, -0.2) is 22.6 Å². The van der Waals surface area contributed by atoms with Gasteiger partial charge in [0.2, 0.25) is 5.91 Å². The minimum Gasteiger partial charge on any atom is -0.369 e. The number of carbonyl (C=O) groups is 2. The molecule has 0 bridgehead atoms. The lowest BCUT2D eigenvalue weighted by Crippen LogP contribution is -2.12. The van der Waals surface area contributed by atoms with Crippen LogP contribution in [0.15, 0.2) is 22.4 Å². The first-order valence-electron chi connectivity index (χ1n) is 6.33. The maximum atomic E-state index is 13.5. The molecular weight excluding hydrogens is 325 g/mol. The summed E-state index contributed by atoms with van der Waals surface area (Å²) in [5.74, 6) is -1.13. The second-order valence-electron chi connectivity index (χ2n) is 4.56. The fourth-order valence-corrected chi connectivity index (χ4v) is 3.48. The van der Waals surface area contributed by atoms with E-state index < -0.39 is 17.6 Å². The number of nitrogens with zero attached hydrogens (tertiary/aromatic N) is 1. The number of aryl methyl sites for hydroxylation is 2. The number of benzene rings is 1. The number of nitrogens with one attached hydrogen (secondary N) is 1. The van der Waals surface area contributed by atoms with Gasteiger partial charge in [-0.25, -0.2) is 9.37 Å². The molecule has 0 radical (unpaired) electrons. The van der Waals surface area contributed by atoms with Crippen LogP contribution in [-0.2, 0) is 4.79 Å². The fraction of sp³-hybridized carbons (Fsp3) is 0.214. The topological polar surface area (TPSA) is 85.1 Å². The third kappa shape index (κ3) is 4.05. The average Bonchev–Trinajstić information content (AvgIpc) is 2.79. The molecule has 5 nitrogen and oxygen atoms in total. The summed E-state index contributed by atoms with van der Waals surface area (Å²) in [6.45, 7) is 3.41. The molecular formula is C14H14FN3O2S2. The first-order chi connectivity index (χ1) is 10.4. The molecule has 3 N–H and O–H groups in total. The van der Waals surface area contributed by atoms with Crippen LogP contribution in [0.25, 0.3) is 0 Å². The molecule has 0 aliphatic rings. The molecule has 2 aromatic rings. The number of primary amides is 1. The second kappa shape index (κ2) is 6.89. The van der Waals surface area contributed by atoms with E-state index in [4.69, 9.17) is 5.73 Å². The number of hydrogen-bond acceptors (Lipinski definition) is 5. The van der Waals surface area contributed by atoms with E-state index in [1.165, 1.54) is 29.2 Å². The summed E-state index contributed by atoms with van der Waals surface area (Å²) in [6, 6.07) is 4.29. The Hall–Kier alpha value is -1.93. The van der Waals surface area contributed by atoms with E-state index >= 15 is 0 Å². The molecule has 22 heavy (non-hydrogen) atoms. The van der Waals surface area contributed by atoms with Crippen molar-refractivity contribution in [1.29, 1.82) is 0 Å². The Balaban J connectivity index is 2.09. The highest BCUT2D eigenvalue weighted by Gasteiger charge is 2.13. The summed E-state index contributed by atoms with van der Waals surface area (Å²) in [5, 5.41) is 3.02. The highest BCUT2D eigenvalue weighted by molar-refractivity contribution is 8.01. The number of amides is 2. The Morgan fingerprint density at radius 2 is 2.14 bits per heavy atom. The number of thioether (sulfide) groups is 1. The van der Waals surface area contributed by atoms with Crippen molar-refractivity contribution in [1.82, 2.24) is 4.98 Å². The molecule has 1 aromatic carbocycles. The van der Waals surface area contributed by atoms with E-state index in [-0.39, 0.29) is 11.3 Å². The molecule has 1 aromatic heterocycles. The van der Waals surface area contributed by atoms with E-state index in [1.54, 1.807) is 26.0 Å². The van der Waals surface area contributed by atoms with Crippen molar-refractivity contribution < 1.29 is 14.0 Å². The molecule has 0 aliphatic heterocycles. The highest BCUT2D eigenvalue weighted by atomic mass is 32.2. The quantitative estimate of drug-likeness (QED) is 0.820. The van der Waals surface area contributed by atoms with Crippen molar-refractivity contribution in [3.8, 4) is 0 Å². The van der Waals surface area contributed by atoms with Crippen molar-refractivity contribution in [2.75, 3.05) is 11.1 Å². The third-order valence-corrected chi connectivity index (χ3v) is 5.21. The van der Waals surface area contributed by atoms with Crippen molar-refractivity contribution in [2.24, 2.45) is 5.73 Å². The highest BCUT2D eigenvalue weighted by Crippen LogP contribution is 2.32. The standard InChI is InChI=1S/C14H14FN3O2S2/c1-7-3-4-9(5-10(7)15)12(20)18-14-17-8(2)13(22-14)21-6-11(16)19/h3-5H,6H2,1-2H3,(H2,16,19)(H,17,18,20). The molecule has 116 valence electrons. The molecule has 8 heteroatoms. The van der Waals surface area contributed by atoms with Gasteiger partial charge in [0.25, 0.3) is 5.91 Å². The lowest BCUT2D eigenvalue weighted by molar-refractivity contribution is -0.115. The number of nitrogens with two attached hydrogens (primary N) is 1. The predicted octanol–water partition coefficient (Wildman–Crippen LogP) is 2.73. The SMILES string of the molecule is Cc1ccc(C(=O)Nc2nc(C)c(SCC(N)=O)s2)cc1F. The second-order valence-corrected chi connectivity index (χ2v) is 6.81. The van der Waals surface area contributed by atoms with E-state index in [0.29, 0.717) is 16.4 Å². The number of thiazole rings is 1. The zero-order chi connectivity index (χ0) is 16.3. The lowest BCUT2D eigenvalue weighted by atomic mass is 10.1. The van der Waals surface area contributed by atoms with E-state index in [9.17, 15) is 14.0 Å². The zero-order valence-electron chi connectivity index (χ0n) is 12.0. The van der Waals surface area contributed by atoms with Gasteiger partial charge in [-0.05, 0) is 31.5 Å². The van der Waals surface area contributed by atoms with Crippen LogP contribution in [0.4, 0.5) is 9.52 Å². The first-order valence-corrected chi connectivity index (χ1v) is 8.13. The van der Waals surface area contributed by atoms with Gasteiger partial charge in [0.05, 0.1) is 15.7 Å². The van der Waals surface area contributed by atoms with Gasteiger partial charge in [-0.15, -0.1) is 11.8 Å². The molecule has 0 spiro atoms. The van der Waals surface area contributed by atoms with Crippen LogP contribution in [0.5, 0.6) is 0 Å². The van der Waals surface area contributed by atoms with Crippen LogP contribution in [0.3, 0.4) is 0 Å². The molecule has 0 aliphatic carbocycles. The normalized spacial score (nSPS) is 10.5. The van der Waals surface area contributed by atoms with Gasteiger partial charge in [0.1, 0.15) is 5.82 Å². The number of anilines is 1. The number of carbonyl (C=O) groups excluding carboxylic acids is 2. The summed E-state index contributed by atoms with van der Waals surface area (Å²) >= 11 is 2.52. The lowest BCUT2D eigenvalue weighted by Gasteiger charge is -2.03. The number of hydrogen-bond donors (Lipinski definition) is 2. The summed E-state index contributed by atoms with van der Waals surface area (Å²) in [6.07, 6.45) is 0. The first kappa shape index (κ1) is 16.4. The largest absolute Gasteiger partial charge is 0.369 e.